The third kappa shape index (κ3) is 4.78. The summed E-state index contributed by atoms with van der Waals surface area (Å²) in [5, 5.41) is 22.6. The minimum absolute atomic E-state index is 0.288. The lowest BCUT2D eigenvalue weighted by molar-refractivity contribution is 0.0841. The van der Waals surface area contributed by atoms with Crippen LogP contribution in [0.3, 0.4) is 0 Å². The minimum atomic E-state index is -0.288. The number of hydrogen-bond acceptors (Lipinski definition) is 5. The van der Waals surface area contributed by atoms with Gasteiger partial charge in [-0.05, 0) is 50.0 Å². The third-order valence-corrected chi connectivity index (χ3v) is 5.20. The van der Waals surface area contributed by atoms with E-state index in [0.29, 0.717) is 30.7 Å². The molecule has 1 aromatic rings. The second kappa shape index (κ2) is 8.59. The lowest BCUT2D eigenvalue weighted by Gasteiger charge is -2.33. The Labute approximate surface area is 144 Å². The Kier molecular flexibility index (Phi) is 6.22. The Bertz CT molecular complexity index is 541. The molecule has 2 aliphatic heterocycles. The van der Waals surface area contributed by atoms with Gasteiger partial charge in [0.15, 0.2) is 0 Å². The maximum absolute atomic E-state index is 10.2. The molecule has 0 saturated carbocycles. The number of aliphatic hydroxyl groups is 1. The average Bonchev–Trinajstić information content (AvgIpc) is 3.16. The van der Waals surface area contributed by atoms with Crippen LogP contribution in [-0.4, -0.2) is 55.0 Å². The predicted molar refractivity (Wildman–Crippen MR) is 92.4 cm³/mol. The maximum Gasteiger partial charge on any atom is 0.0991 e. The molecule has 2 aliphatic rings. The van der Waals surface area contributed by atoms with E-state index in [1.807, 2.05) is 24.3 Å². The molecule has 0 spiro atoms. The smallest absolute Gasteiger partial charge is 0.0991 e. The lowest BCUT2D eigenvalue weighted by Crippen LogP contribution is -2.45. The molecule has 3 rings (SSSR count). The molecule has 130 valence electrons. The van der Waals surface area contributed by atoms with Crippen molar-refractivity contribution in [3.8, 4) is 6.07 Å². The van der Waals surface area contributed by atoms with E-state index < -0.39 is 0 Å². The molecule has 2 saturated heterocycles. The highest BCUT2D eigenvalue weighted by molar-refractivity contribution is 5.31. The highest BCUT2D eigenvalue weighted by Gasteiger charge is 2.25. The zero-order valence-corrected chi connectivity index (χ0v) is 14.2. The van der Waals surface area contributed by atoms with Crippen LogP contribution in [0.4, 0.5) is 0 Å². The van der Waals surface area contributed by atoms with E-state index in [4.69, 9.17) is 10.00 Å². The third-order valence-electron chi connectivity index (χ3n) is 5.20. The Morgan fingerprint density at radius 3 is 2.62 bits per heavy atom. The fourth-order valence-corrected chi connectivity index (χ4v) is 3.55. The molecule has 0 amide bonds. The van der Waals surface area contributed by atoms with Crippen LogP contribution in [0.25, 0.3) is 0 Å². The molecule has 2 N–H and O–H groups in total. The molecule has 2 fully saturated rings. The molecule has 2 unspecified atom stereocenters. The van der Waals surface area contributed by atoms with Gasteiger partial charge in [-0.3, -0.25) is 4.90 Å². The van der Waals surface area contributed by atoms with Crippen molar-refractivity contribution in [1.82, 2.24) is 10.2 Å². The van der Waals surface area contributed by atoms with E-state index in [1.165, 1.54) is 5.56 Å². The molecule has 2 heterocycles. The summed E-state index contributed by atoms with van der Waals surface area (Å²) in [6, 6.07) is 10.5. The van der Waals surface area contributed by atoms with Crippen LogP contribution >= 0.6 is 0 Å². The second-order valence-electron chi connectivity index (χ2n) is 6.96. The first-order valence-electron chi connectivity index (χ1n) is 8.95. The quantitative estimate of drug-likeness (QED) is 0.828. The first-order chi connectivity index (χ1) is 11.7. The Hall–Kier alpha value is -1.45. The van der Waals surface area contributed by atoms with Gasteiger partial charge in [-0.2, -0.15) is 5.26 Å². The lowest BCUT2D eigenvalue weighted by atomic mass is 10.00. The molecule has 0 bridgehead atoms. The molecule has 5 nitrogen and oxygen atoms in total. The van der Waals surface area contributed by atoms with Crippen molar-refractivity contribution < 1.29 is 9.84 Å². The normalized spacial score (nSPS) is 23.9. The summed E-state index contributed by atoms with van der Waals surface area (Å²) in [4.78, 5) is 2.46. The number of nitriles is 1. The zero-order valence-electron chi connectivity index (χ0n) is 14.2. The standard InChI is InChI=1S/C19H27N3O2/c20-11-15-1-3-16(4-2-15)13-22-8-5-18(6-9-22)21-12-19(23)17-7-10-24-14-17/h1-4,17-19,21,23H,5-10,12-14H2. The van der Waals surface area contributed by atoms with Crippen molar-refractivity contribution in [2.24, 2.45) is 5.92 Å². The van der Waals surface area contributed by atoms with E-state index in [1.54, 1.807) is 0 Å². The fourth-order valence-electron chi connectivity index (χ4n) is 3.55. The molecule has 0 aromatic heterocycles. The number of hydrogen-bond donors (Lipinski definition) is 2. The number of ether oxygens (including phenoxy) is 1. The van der Waals surface area contributed by atoms with E-state index in [0.717, 1.165) is 45.5 Å². The highest BCUT2D eigenvalue weighted by atomic mass is 16.5. The molecular weight excluding hydrogens is 302 g/mol. The van der Waals surface area contributed by atoms with Crippen LogP contribution in [0, 0.1) is 17.2 Å². The number of piperidine rings is 1. The van der Waals surface area contributed by atoms with Gasteiger partial charge in [0.05, 0.1) is 24.3 Å². The molecule has 24 heavy (non-hydrogen) atoms. The minimum Gasteiger partial charge on any atom is -0.391 e. The molecular formula is C19H27N3O2. The van der Waals surface area contributed by atoms with Gasteiger partial charge in [-0.1, -0.05) is 12.1 Å². The zero-order chi connectivity index (χ0) is 16.8. The number of benzene rings is 1. The van der Waals surface area contributed by atoms with E-state index in [-0.39, 0.29) is 6.10 Å². The summed E-state index contributed by atoms with van der Waals surface area (Å²) in [6.07, 6.45) is 2.92. The van der Waals surface area contributed by atoms with Crippen LogP contribution in [0.5, 0.6) is 0 Å². The van der Waals surface area contributed by atoms with Crippen molar-refractivity contribution >= 4 is 0 Å². The predicted octanol–water partition coefficient (Wildman–Crippen LogP) is 1.51. The van der Waals surface area contributed by atoms with Crippen molar-refractivity contribution in [3.05, 3.63) is 35.4 Å². The number of nitrogens with one attached hydrogen (secondary N) is 1. The number of aliphatic hydroxyl groups excluding tert-OH is 1. The Morgan fingerprint density at radius 1 is 1.25 bits per heavy atom. The largest absolute Gasteiger partial charge is 0.391 e. The van der Waals surface area contributed by atoms with Crippen LogP contribution in [0.15, 0.2) is 24.3 Å². The SMILES string of the molecule is N#Cc1ccc(CN2CCC(NCC(O)C3CCOC3)CC2)cc1. The van der Waals surface area contributed by atoms with Gasteiger partial charge < -0.3 is 15.2 Å². The maximum atomic E-state index is 10.2. The van der Waals surface area contributed by atoms with Gasteiger partial charge in [0.1, 0.15) is 0 Å². The van der Waals surface area contributed by atoms with Crippen LogP contribution in [-0.2, 0) is 11.3 Å². The van der Waals surface area contributed by atoms with Crippen LogP contribution < -0.4 is 5.32 Å². The fraction of sp³-hybridized carbons (Fsp3) is 0.632. The van der Waals surface area contributed by atoms with Gasteiger partial charge in [0.2, 0.25) is 0 Å². The van der Waals surface area contributed by atoms with Crippen molar-refractivity contribution in [3.63, 3.8) is 0 Å². The summed E-state index contributed by atoms with van der Waals surface area (Å²) in [5.41, 5.74) is 1.98. The van der Waals surface area contributed by atoms with Gasteiger partial charge in [0, 0.05) is 31.7 Å². The number of nitrogens with zero attached hydrogens (tertiary/aromatic N) is 2. The van der Waals surface area contributed by atoms with Crippen molar-refractivity contribution in [1.29, 1.82) is 5.26 Å². The first-order valence-corrected chi connectivity index (χ1v) is 8.95. The first kappa shape index (κ1) is 17.4. The van der Waals surface area contributed by atoms with Crippen LogP contribution in [0.2, 0.25) is 0 Å². The van der Waals surface area contributed by atoms with E-state index in [2.05, 4.69) is 16.3 Å². The second-order valence-corrected chi connectivity index (χ2v) is 6.96. The van der Waals surface area contributed by atoms with E-state index in [9.17, 15) is 5.11 Å². The van der Waals surface area contributed by atoms with Crippen LogP contribution in [0.1, 0.15) is 30.4 Å². The Morgan fingerprint density at radius 2 is 2.00 bits per heavy atom. The molecule has 1 aromatic carbocycles. The van der Waals surface area contributed by atoms with Gasteiger partial charge in [0.25, 0.3) is 0 Å². The summed E-state index contributed by atoms with van der Waals surface area (Å²) in [6.45, 7) is 5.25. The molecule has 5 heteroatoms. The van der Waals surface area contributed by atoms with Crippen molar-refractivity contribution in [2.75, 3.05) is 32.8 Å². The summed E-state index contributed by atoms with van der Waals surface area (Å²) in [5.74, 6) is 0.300. The summed E-state index contributed by atoms with van der Waals surface area (Å²) < 4.78 is 5.34. The van der Waals surface area contributed by atoms with E-state index >= 15 is 0 Å². The van der Waals surface area contributed by atoms with Crippen molar-refractivity contribution in [2.45, 2.75) is 38.0 Å². The molecule has 2 atom stereocenters. The Balaban J connectivity index is 1.36. The average molecular weight is 329 g/mol. The van der Waals surface area contributed by atoms with Gasteiger partial charge in [-0.25, -0.2) is 0 Å². The molecule has 0 aliphatic carbocycles. The summed E-state index contributed by atoms with van der Waals surface area (Å²) >= 11 is 0. The van der Waals surface area contributed by atoms with Gasteiger partial charge >= 0.3 is 0 Å². The topological polar surface area (TPSA) is 68.5 Å². The molecule has 0 radical (unpaired) electrons. The highest BCUT2D eigenvalue weighted by Crippen LogP contribution is 2.18. The van der Waals surface area contributed by atoms with Gasteiger partial charge in [-0.15, -0.1) is 0 Å². The monoisotopic (exact) mass is 329 g/mol. The number of likely N-dealkylation sites (tertiary alicyclic amines) is 1. The number of rotatable bonds is 6. The summed E-state index contributed by atoms with van der Waals surface area (Å²) in [7, 11) is 0.